The number of hydrogen-bond donors (Lipinski definition) is 5. The number of aryl methyl sites for hydroxylation is 2. The fourth-order valence-corrected chi connectivity index (χ4v) is 6.39. The number of phosphoric ester groups is 2. The van der Waals surface area contributed by atoms with E-state index < -0.39 is 33.4 Å². The smallest absolute Gasteiger partial charge is 0.404 e. The van der Waals surface area contributed by atoms with Gasteiger partial charge in [0.25, 0.3) is 11.8 Å². The first-order valence-electron chi connectivity index (χ1n) is 15.8. The topological polar surface area (TPSA) is 271 Å². The van der Waals surface area contributed by atoms with Crippen molar-refractivity contribution >= 4 is 67.0 Å². The number of aromatic nitrogens is 3. The maximum atomic E-state index is 12.7. The van der Waals surface area contributed by atoms with E-state index in [1.807, 2.05) is 6.92 Å². The summed E-state index contributed by atoms with van der Waals surface area (Å²) in [6.07, 6.45) is 1.76. The summed E-state index contributed by atoms with van der Waals surface area (Å²) in [5.41, 5.74) is 8.51. The quantitative estimate of drug-likeness (QED) is 0.0812. The largest absolute Gasteiger partial charge is 0.524 e. The zero-order chi connectivity index (χ0) is 37.1. The third kappa shape index (κ3) is 9.55. The summed E-state index contributed by atoms with van der Waals surface area (Å²) in [6, 6.07) is 8.70. The lowest BCUT2D eigenvalue weighted by Gasteiger charge is -2.17. The van der Waals surface area contributed by atoms with Crippen LogP contribution < -0.4 is 14.8 Å². The highest BCUT2D eigenvalue weighted by atomic mass is 31.2. The Balaban J connectivity index is 1.46. The number of imidazole rings is 1. The number of hydroxylamine groups is 2. The molecule has 3 heterocycles. The third-order valence-electron chi connectivity index (χ3n) is 7.90. The summed E-state index contributed by atoms with van der Waals surface area (Å²) in [4.78, 5) is 100. The fraction of sp³-hybridized carbons (Fsp3) is 0.355. The Morgan fingerprint density at radius 2 is 1.61 bits per heavy atom. The van der Waals surface area contributed by atoms with Crippen molar-refractivity contribution in [3.05, 3.63) is 53.3 Å². The molecule has 4 aromatic rings. The molecule has 0 radical (unpaired) electrons. The van der Waals surface area contributed by atoms with Crippen LogP contribution in [-0.2, 0) is 52.5 Å². The van der Waals surface area contributed by atoms with Crippen molar-refractivity contribution in [3.63, 3.8) is 0 Å². The Morgan fingerprint density at radius 3 is 2.27 bits per heavy atom. The van der Waals surface area contributed by atoms with Gasteiger partial charge >= 0.3 is 21.6 Å². The van der Waals surface area contributed by atoms with Crippen LogP contribution >= 0.6 is 15.6 Å². The molecule has 6 N–H and O–H groups in total. The first kappa shape index (κ1) is 37.6. The number of benzene rings is 2. The normalized spacial score (nSPS) is 13.7. The summed E-state index contributed by atoms with van der Waals surface area (Å²) in [7, 11) is -10.1. The van der Waals surface area contributed by atoms with Crippen LogP contribution in [0.4, 0.5) is 5.82 Å². The predicted molar refractivity (Wildman–Crippen MR) is 179 cm³/mol. The zero-order valence-corrected chi connectivity index (χ0v) is 29.0. The second-order valence-electron chi connectivity index (χ2n) is 11.8. The van der Waals surface area contributed by atoms with Crippen molar-refractivity contribution in [2.75, 3.05) is 5.73 Å². The third-order valence-corrected chi connectivity index (χ3v) is 8.78. The molecule has 5 rings (SSSR count). The maximum absolute atomic E-state index is 12.7. The molecule has 1 aliphatic rings. The number of rotatable bonds is 16. The van der Waals surface area contributed by atoms with Gasteiger partial charge in [0.1, 0.15) is 28.6 Å². The number of amides is 2. The van der Waals surface area contributed by atoms with Crippen molar-refractivity contribution in [3.8, 4) is 11.5 Å². The minimum absolute atomic E-state index is 0.0420. The van der Waals surface area contributed by atoms with Crippen LogP contribution in [-0.4, -0.2) is 62.7 Å². The van der Waals surface area contributed by atoms with Crippen LogP contribution in [0.3, 0.4) is 0 Å². The number of Topliss-reactive ketones (excluding diaryl/α,β-unsaturated/α-hetero) is 1. The van der Waals surface area contributed by atoms with Crippen LogP contribution in [0.1, 0.15) is 68.8 Å². The number of nitrogens with two attached hydrogens (primary N) is 1. The van der Waals surface area contributed by atoms with Crippen molar-refractivity contribution in [1.82, 2.24) is 19.6 Å². The number of nitrogen functional groups attached to an aromatic ring is 1. The van der Waals surface area contributed by atoms with E-state index >= 15 is 0 Å². The number of fused-ring (bicyclic) bond motifs is 3. The summed E-state index contributed by atoms with van der Waals surface area (Å²) in [5, 5.41) is 1.02. The molecule has 0 atom stereocenters. The maximum Gasteiger partial charge on any atom is 0.524 e. The van der Waals surface area contributed by atoms with E-state index in [2.05, 4.69) is 4.98 Å². The zero-order valence-electron chi connectivity index (χ0n) is 27.3. The number of unbranched alkanes of at least 4 members (excludes halogenated alkanes) is 1. The van der Waals surface area contributed by atoms with Gasteiger partial charge in [0.15, 0.2) is 5.82 Å². The highest BCUT2D eigenvalue weighted by Crippen LogP contribution is 2.43. The van der Waals surface area contributed by atoms with Gasteiger partial charge in [0, 0.05) is 43.1 Å². The molecule has 2 aromatic heterocycles. The molecule has 20 heteroatoms. The number of carbonyl (C=O) groups excluding carboxylic acids is 4. The standard InChI is InChI=1S/C31H35N5O13P2/c1-2-3-4-25-34-29-30(35(25)17-19-16-21(48-50(41,42)43)9-11-24(19)49-51(44,45)46)22-15-18(6-10-23(22)33-31(29)32)5-7-20(37)8-14-28(40)47-36-26(38)12-13-27(36)39/h6,9-11,15-16H,2-5,7-8,12-14,17H2,1H3,(H2,32,33)(H2,41,42,43)(H2,44,45,46). The highest BCUT2D eigenvalue weighted by molar-refractivity contribution is 7.47. The van der Waals surface area contributed by atoms with Gasteiger partial charge in [-0.15, -0.1) is 5.06 Å². The van der Waals surface area contributed by atoms with Gasteiger partial charge in [0.05, 0.1) is 24.0 Å². The van der Waals surface area contributed by atoms with E-state index in [0.29, 0.717) is 45.7 Å². The number of imide groups is 1. The monoisotopic (exact) mass is 747 g/mol. The lowest BCUT2D eigenvalue weighted by atomic mass is 10.0. The molecule has 0 saturated carbocycles. The molecular formula is C31H35N5O13P2. The molecule has 18 nitrogen and oxygen atoms in total. The van der Waals surface area contributed by atoms with Crippen LogP contribution in [0.15, 0.2) is 36.4 Å². The molecule has 0 aliphatic carbocycles. The average Bonchev–Trinajstić information content (AvgIpc) is 3.57. The minimum atomic E-state index is -5.06. The lowest BCUT2D eigenvalue weighted by Crippen LogP contribution is -2.32. The van der Waals surface area contributed by atoms with E-state index in [-0.39, 0.29) is 73.7 Å². The Hall–Kier alpha value is -4.70. The van der Waals surface area contributed by atoms with Crippen LogP contribution in [0.5, 0.6) is 11.5 Å². The van der Waals surface area contributed by atoms with E-state index in [4.69, 9.17) is 24.6 Å². The van der Waals surface area contributed by atoms with Crippen molar-refractivity contribution in [1.29, 1.82) is 0 Å². The highest BCUT2D eigenvalue weighted by Gasteiger charge is 2.33. The number of anilines is 1. The van der Waals surface area contributed by atoms with Crippen LogP contribution in [0.25, 0.3) is 21.9 Å². The van der Waals surface area contributed by atoms with Crippen LogP contribution in [0, 0.1) is 0 Å². The number of nitrogens with zero attached hydrogens (tertiary/aromatic N) is 4. The molecule has 1 aliphatic heterocycles. The van der Waals surface area contributed by atoms with Gasteiger partial charge in [-0.1, -0.05) is 19.4 Å². The van der Waals surface area contributed by atoms with E-state index in [0.717, 1.165) is 24.1 Å². The second-order valence-corrected chi connectivity index (χ2v) is 14.1. The molecule has 0 bridgehead atoms. The Kier molecular flexibility index (Phi) is 11.2. The molecular weight excluding hydrogens is 712 g/mol. The van der Waals surface area contributed by atoms with Gasteiger partial charge in [-0.25, -0.2) is 23.9 Å². The molecule has 2 amide bonds. The first-order chi connectivity index (χ1) is 24.0. The molecule has 0 unspecified atom stereocenters. The number of pyridine rings is 1. The Morgan fingerprint density at radius 1 is 0.902 bits per heavy atom. The predicted octanol–water partition coefficient (Wildman–Crippen LogP) is 3.39. The number of carbonyl (C=O) groups is 4. The lowest BCUT2D eigenvalue weighted by molar-refractivity contribution is -0.197. The number of ketones is 1. The van der Waals surface area contributed by atoms with Gasteiger partial charge < -0.3 is 24.2 Å². The number of phosphoric acid groups is 2. The van der Waals surface area contributed by atoms with Gasteiger partial charge in [0.2, 0.25) is 0 Å². The second kappa shape index (κ2) is 15.3. The molecule has 272 valence electrons. The van der Waals surface area contributed by atoms with E-state index in [1.54, 1.807) is 22.8 Å². The van der Waals surface area contributed by atoms with Gasteiger partial charge in [-0.2, -0.15) is 0 Å². The Labute approximate surface area is 289 Å². The molecule has 0 spiro atoms. The minimum Gasteiger partial charge on any atom is -0.404 e. The van der Waals surface area contributed by atoms with Crippen molar-refractivity contribution < 1.29 is 61.8 Å². The molecule has 1 saturated heterocycles. The van der Waals surface area contributed by atoms with Crippen molar-refractivity contribution in [2.24, 2.45) is 0 Å². The summed E-state index contributed by atoms with van der Waals surface area (Å²) >= 11 is 0. The Bertz CT molecular complexity index is 2110. The van der Waals surface area contributed by atoms with Crippen molar-refractivity contribution in [2.45, 2.75) is 71.3 Å². The number of hydrogen-bond acceptors (Lipinski definition) is 12. The summed E-state index contributed by atoms with van der Waals surface area (Å²) < 4.78 is 34.8. The molecule has 1 fully saturated rings. The average molecular weight is 748 g/mol. The van der Waals surface area contributed by atoms with Gasteiger partial charge in [-0.05, 0) is 48.7 Å². The summed E-state index contributed by atoms with van der Waals surface area (Å²) in [5.74, 6) is -2.24. The van der Waals surface area contributed by atoms with E-state index in [1.165, 1.54) is 6.07 Å². The van der Waals surface area contributed by atoms with Gasteiger partial charge in [-0.3, -0.25) is 34.0 Å². The molecule has 51 heavy (non-hydrogen) atoms. The SMILES string of the molecule is CCCCc1nc2c(N)nc3ccc(CCC(=O)CCC(=O)ON4C(=O)CCC4=O)cc3c2n1Cc1cc(OP(=O)(O)O)ccc1OP(=O)(O)O. The fourth-order valence-electron chi connectivity index (χ4n) is 5.57. The molecule has 2 aromatic carbocycles. The first-order valence-corrected chi connectivity index (χ1v) is 18.9. The van der Waals surface area contributed by atoms with Crippen LogP contribution in [0.2, 0.25) is 0 Å². The van der Waals surface area contributed by atoms with E-state index in [9.17, 15) is 47.9 Å². The summed E-state index contributed by atoms with van der Waals surface area (Å²) in [6.45, 7) is 1.84.